The van der Waals surface area contributed by atoms with E-state index < -0.39 is 18.0 Å². The Morgan fingerprint density at radius 3 is 1.94 bits per heavy atom. The minimum absolute atomic E-state index is 0.216. The number of methoxy groups -OCH3 is 1. The summed E-state index contributed by atoms with van der Waals surface area (Å²) in [6.07, 6.45) is 3.63. The van der Waals surface area contributed by atoms with Crippen molar-refractivity contribution in [3.63, 3.8) is 0 Å². The van der Waals surface area contributed by atoms with Crippen LogP contribution in [-0.4, -0.2) is 25.2 Å². The molecule has 5 heteroatoms. The summed E-state index contributed by atoms with van der Waals surface area (Å²) >= 11 is 0. The third kappa shape index (κ3) is 14.9. The number of rotatable bonds is 8. The van der Waals surface area contributed by atoms with Crippen LogP contribution in [0.25, 0.3) is 0 Å². The second-order valence-corrected chi connectivity index (χ2v) is 3.66. The molecule has 0 aliphatic carbocycles. The lowest BCUT2D eigenvalue weighted by atomic mass is 10.2. The van der Waals surface area contributed by atoms with Crippen molar-refractivity contribution in [2.75, 3.05) is 7.11 Å². The molecule has 0 spiro atoms. The Labute approximate surface area is 103 Å². The summed E-state index contributed by atoms with van der Waals surface area (Å²) in [7, 11) is 1.37. The van der Waals surface area contributed by atoms with E-state index in [4.69, 9.17) is 0 Å². The molecular formula is C12H22O5-2. The van der Waals surface area contributed by atoms with Crippen LogP contribution in [0.4, 0.5) is 0 Å². The number of aliphatic carboxylic acids is 2. The Kier molecular flexibility index (Phi) is 13.9. The van der Waals surface area contributed by atoms with Gasteiger partial charge in [0.25, 0.3) is 0 Å². The first-order valence-electron chi connectivity index (χ1n) is 5.93. The van der Waals surface area contributed by atoms with Crippen LogP contribution >= 0.6 is 0 Å². The molecule has 1 atom stereocenters. The quantitative estimate of drug-likeness (QED) is 0.556. The molecule has 0 rings (SSSR count). The van der Waals surface area contributed by atoms with E-state index >= 15 is 0 Å². The van der Waals surface area contributed by atoms with Gasteiger partial charge in [0.15, 0.2) is 0 Å². The highest BCUT2D eigenvalue weighted by atomic mass is 16.5. The molecule has 0 radical (unpaired) electrons. The van der Waals surface area contributed by atoms with Gasteiger partial charge < -0.3 is 24.5 Å². The first-order chi connectivity index (χ1) is 7.99. The minimum atomic E-state index is -1.13. The largest absolute Gasteiger partial charge is 0.550 e. The first-order valence-corrected chi connectivity index (χ1v) is 5.93. The number of carboxylic acid groups (broad SMARTS) is 2. The molecule has 17 heavy (non-hydrogen) atoms. The molecule has 0 aliphatic rings. The maximum absolute atomic E-state index is 10.1. The third-order valence-electron chi connectivity index (χ3n) is 2.08. The molecule has 0 bridgehead atoms. The average Bonchev–Trinajstić information content (AvgIpc) is 2.26. The number of carbonyl (C=O) groups excluding carboxylic acids is 2. The Hall–Kier alpha value is -1.10. The molecule has 0 aromatic heterocycles. The highest BCUT2D eigenvalue weighted by molar-refractivity contribution is 5.69. The summed E-state index contributed by atoms with van der Waals surface area (Å²) in [5.41, 5.74) is 0. The van der Waals surface area contributed by atoms with Crippen molar-refractivity contribution in [3.05, 3.63) is 0 Å². The third-order valence-corrected chi connectivity index (χ3v) is 2.08. The number of carboxylic acids is 2. The van der Waals surface area contributed by atoms with Crippen molar-refractivity contribution in [1.29, 1.82) is 0 Å². The molecule has 0 aromatic carbocycles. The van der Waals surface area contributed by atoms with E-state index in [1.54, 1.807) is 0 Å². The van der Waals surface area contributed by atoms with Gasteiger partial charge in [0, 0.05) is 13.1 Å². The Balaban J connectivity index is 0. The van der Waals surface area contributed by atoms with Crippen LogP contribution in [0.2, 0.25) is 0 Å². The summed E-state index contributed by atoms with van der Waals surface area (Å²) in [5, 5.41) is 19.8. The lowest BCUT2D eigenvalue weighted by molar-refractivity contribution is -0.316. The van der Waals surface area contributed by atoms with E-state index in [2.05, 4.69) is 4.74 Å². The Bertz CT molecular complexity index is 203. The van der Waals surface area contributed by atoms with Crippen LogP contribution in [0.3, 0.4) is 0 Å². The van der Waals surface area contributed by atoms with Gasteiger partial charge in [-0.05, 0) is 19.3 Å². The number of unbranched alkanes of at least 4 members (excludes halogenated alkanes) is 2. The van der Waals surface area contributed by atoms with Gasteiger partial charge in [-0.25, -0.2) is 0 Å². The van der Waals surface area contributed by atoms with Crippen molar-refractivity contribution in [2.24, 2.45) is 0 Å². The fourth-order valence-electron chi connectivity index (χ4n) is 1.11. The van der Waals surface area contributed by atoms with Crippen LogP contribution in [0.15, 0.2) is 0 Å². The summed E-state index contributed by atoms with van der Waals surface area (Å²) in [5.74, 6) is -2.06. The second kappa shape index (κ2) is 13.0. The normalized spacial score (nSPS) is 11.2. The average molecular weight is 246 g/mol. The monoisotopic (exact) mass is 246 g/mol. The molecule has 5 nitrogen and oxygen atoms in total. The topological polar surface area (TPSA) is 89.5 Å². The lowest BCUT2D eigenvalue weighted by Crippen LogP contribution is -2.36. The summed E-state index contributed by atoms with van der Waals surface area (Å²) in [4.78, 5) is 19.8. The van der Waals surface area contributed by atoms with Crippen molar-refractivity contribution in [1.82, 2.24) is 0 Å². The van der Waals surface area contributed by atoms with E-state index in [0.29, 0.717) is 6.42 Å². The van der Waals surface area contributed by atoms with Gasteiger partial charge in [-0.2, -0.15) is 0 Å². The van der Waals surface area contributed by atoms with Gasteiger partial charge in [0.1, 0.15) is 0 Å². The highest BCUT2D eigenvalue weighted by Gasteiger charge is 2.04. The summed E-state index contributed by atoms with van der Waals surface area (Å²) in [6.45, 7) is 3.93. The van der Waals surface area contributed by atoms with Crippen LogP contribution in [0.1, 0.15) is 52.4 Å². The van der Waals surface area contributed by atoms with E-state index in [1.165, 1.54) is 7.11 Å². The fourth-order valence-corrected chi connectivity index (χ4v) is 1.11. The number of carbonyl (C=O) groups is 2. The molecule has 0 amide bonds. The standard InChI is InChI=1S/C6H12O3.C6H12O2/c1-3-4-5(9-2)6(7)8;1-2-3-4-5-6(7)8/h5H,3-4H2,1-2H3,(H,7,8);2-5H2,1H3,(H,7,8)/p-2. The Morgan fingerprint density at radius 1 is 1.12 bits per heavy atom. The van der Waals surface area contributed by atoms with Crippen LogP contribution < -0.4 is 10.2 Å². The lowest BCUT2D eigenvalue weighted by Gasteiger charge is -2.14. The van der Waals surface area contributed by atoms with Crippen LogP contribution in [0, 0.1) is 0 Å². The molecule has 1 unspecified atom stereocenters. The molecule has 0 heterocycles. The van der Waals surface area contributed by atoms with Gasteiger partial charge in [0.2, 0.25) is 0 Å². The van der Waals surface area contributed by atoms with E-state index in [-0.39, 0.29) is 6.42 Å². The molecule has 0 fully saturated rings. The number of hydrogen-bond donors (Lipinski definition) is 0. The van der Waals surface area contributed by atoms with Crippen LogP contribution in [0.5, 0.6) is 0 Å². The number of ether oxygens (including phenoxy) is 1. The predicted octanol–water partition coefficient (Wildman–Crippen LogP) is -0.132. The van der Waals surface area contributed by atoms with Crippen molar-refractivity contribution in [2.45, 2.75) is 58.5 Å². The smallest absolute Gasteiger partial charge is 0.0964 e. The molecule has 0 aromatic rings. The molecular weight excluding hydrogens is 224 g/mol. The molecule has 102 valence electrons. The minimum Gasteiger partial charge on any atom is -0.550 e. The van der Waals surface area contributed by atoms with E-state index in [1.807, 2.05) is 13.8 Å². The summed E-state index contributed by atoms with van der Waals surface area (Å²) in [6, 6.07) is 0. The zero-order chi connectivity index (χ0) is 13.7. The predicted molar refractivity (Wildman–Crippen MR) is 59.9 cm³/mol. The second-order valence-electron chi connectivity index (χ2n) is 3.66. The highest BCUT2D eigenvalue weighted by Crippen LogP contribution is 1.98. The van der Waals surface area contributed by atoms with E-state index in [0.717, 1.165) is 25.7 Å². The van der Waals surface area contributed by atoms with Gasteiger partial charge in [-0.3, -0.25) is 0 Å². The fraction of sp³-hybridized carbons (Fsp3) is 0.833. The molecule has 0 aliphatic heterocycles. The van der Waals surface area contributed by atoms with Crippen LogP contribution in [-0.2, 0) is 14.3 Å². The van der Waals surface area contributed by atoms with E-state index in [9.17, 15) is 19.8 Å². The maximum atomic E-state index is 10.1. The molecule has 0 saturated carbocycles. The summed E-state index contributed by atoms with van der Waals surface area (Å²) < 4.78 is 4.59. The van der Waals surface area contributed by atoms with Crippen molar-refractivity contribution < 1.29 is 24.5 Å². The first kappa shape index (κ1) is 18.3. The van der Waals surface area contributed by atoms with Gasteiger partial charge in [0.05, 0.1) is 12.1 Å². The Morgan fingerprint density at radius 2 is 1.71 bits per heavy atom. The number of hydrogen-bond acceptors (Lipinski definition) is 5. The zero-order valence-electron chi connectivity index (χ0n) is 10.9. The van der Waals surface area contributed by atoms with Gasteiger partial charge >= 0.3 is 0 Å². The molecule has 0 N–H and O–H groups in total. The van der Waals surface area contributed by atoms with Crippen molar-refractivity contribution >= 4 is 11.9 Å². The van der Waals surface area contributed by atoms with Gasteiger partial charge in [-0.15, -0.1) is 0 Å². The van der Waals surface area contributed by atoms with Crippen molar-refractivity contribution in [3.8, 4) is 0 Å². The van der Waals surface area contributed by atoms with Gasteiger partial charge in [-0.1, -0.05) is 33.1 Å². The zero-order valence-corrected chi connectivity index (χ0v) is 10.9. The maximum Gasteiger partial charge on any atom is 0.0964 e. The SMILES string of the molecule is CCCC(OC)C(=O)[O-].CCCCCC(=O)[O-]. The molecule has 0 saturated heterocycles.